The Morgan fingerprint density at radius 3 is 2.47 bits per heavy atom. The zero-order valence-corrected chi connectivity index (χ0v) is 12.9. The average molecular weight is 301 g/mol. The molecule has 2 N–H and O–H groups in total. The first kappa shape index (κ1) is 16.3. The van der Waals surface area contributed by atoms with Gasteiger partial charge in [0.1, 0.15) is 0 Å². The van der Waals surface area contributed by atoms with Crippen molar-refractivity contribution in [3.63, 3.8) is 0 Å². The molecule has 1 aliphatic heterocycles. The number of thioether (sulfide) groups is 1. The molecule has 5 heteroatoms. The summed E-state index contributed by atoms with van der Waals surface area (Å²) in [7, 11) is 0. The second-order valence-electron chi connectivity index (χ2n) is 4.93. The lowest BCUT2D eigenvalue weighted by Crippen LogP contribution is -2.48. The topological polar surface area (TPSA) is 41.1 Å². The van der Waals surface area contributed by atoms with Crippen LogP contribution in [0.2, 0.25) is 0 Å². The molecule has 1 aliphatic rings. The van der Waals surface area contributed by atoms with Crippen LogP contribution in [0.1, 0.15) is 24.2 Å². The van der Waals surface area contributed by atoms with Crippen molar-refractivity contribution in [2.75, 3.05) is 19.6 Å². The van der Waals surface area contributed by atoms with Crippen LogP contribution < -0.4 is 10.6 Å². The number of benzene rings is 1. The van der Waals surface area contributed by atoms with Gasteiger partial charge in [0.15, 0.2) is 0 Å². The van der Waals surface area contributed by atoms with Crippen LogP contribution in [0.5, 0.6) is 0 Å². The lowest BCUT2D eigenvalue weighted by Gasteiger charge is -2.27. The summed E-state index contributed by atoms with van der Waals surface area (Å²) in [6.07, 6.45) is 0. The van der Waals surface area contributed by atoms with E-state index in [4.69, 9.17) is 0 Å². The smallest absolute Gasteiger partial charge is 0.251 e. The Bertz CT molecular complexity index is 404. The average Bonchev–Trinajstić information content (AvgIpc) is 2.27. The van der Waals surface area contributed by atoms with Crippen LogP contribution in [-0.2, 0) is 0 Å². The highest BCUT2D eigenvalue weighted by molar-refractivity contribution is 7.99. The molecule has 19 heavy (non-hydrogen) atoms. The fourth-order valence-electron chi connectivity index (χ4n) is 1.79. The Morgan fingerprint density at radius 2 is 2.00 bits per heavy atom. The maximum atomic E-state index is 11.9. The maximum absolute atomic E-state index is 11.9. The first-order valence-corrected chi connectivity index (χ1v) is 7.29. The van der Waals surface area contributed by atoms with Crippen molar-refractivity contribution in [2.24, 2.45) is 5.92 Å². The molecular weight excluding hydrogens is 280 g/mol. The van der Waals surface area contributed by atoms with Crippen molar-refractivity contribution < 1.29 is 4.79 Å². The number of carbonyl (C=O) groups is 1. The largest absolute Gasteiger partial charge is 0.352 e. The van der Waals surface area contributed by atoms with E-state index in [1.165, 1.54) is 4.90 Å². The predicted molar refractivity (Wildman–Crippen MR) is 83.4 cm³/mol. The second kappa shape index (κ2) is 7.78. The minimum absolute atomic E-state index is 0. The molecule has 1 fully saturated rings. The van der Waals surface area contributed by atoms with E-state index in [-0.39, 0.29) is 18.3 Å². The Kier molecular flexibility index (Phi) is 6.69. The summed E-state index contributed by atoms with van der Waals surface area (Å²) in [5.41, 5.74) is 0.746. The van der Waals surface area contributed by atoms with E-state index in [0.29, 0.717) is 11.2 Å². The quantitative estimate of drug-likeness (QED) is 0.821. The summed E-state index contributed by atoms with van der Waals surface area (Å²) in [6.45, 7) is 7.14. The molecule has 0 spiro atoms. The van der Waals surface area contributed by atoms with Crippen LogP contribution in [0.15, 0.2) is 29.2 Å². The Balaban J connectivity index is 0.00000180. The monoisotopic (exact) mass is 300 g/mol. The Hall–Kier alpha value is -0.710. The number of amides is 1. The molecule has 2 rings (SSSR count). The van der Waals surface area contributed by atoms with E-state index >= 15 is 0 Å². The van der Waals surface area contributed by atoms with E-state index in [1.807, 2.05) is 36.0 Å². The molecule has 0 atom stereocenters. The third-order valence-electron chi connectivity index (χ3n) is 2.91. The van der Waals surface area contributed by atoms with Crippen molar-refractivity contribution in [1.29, 1.82) is 0 Å². The van der Waals surface area contributed by atoms with Crippen molar-refractivity contribution in [3.05, 3.63) is 29.8 Å². The summed E-state index contributed by atoms with van der Waals surface area (Å²) in [5, 5.41) is 6.74. The SMILES string of the molecule is CC(C)Sc1ccc(C(=O)NCC2CNC2)cc1.Cl. The maximum Gasteiger partial charge on any atom is 0.251 e. The molecule has 0 bridgehead atoms. The third-order valence-corrected chi connectivity index (χ3v) is 3.92. The molecule has 1 aromatic carbocycles. The predicted octanol–water partition coefficient (Wildman–Crippen LogP) is 2.56. The molecule has 0 unspecified atom stereocenters. The van der Waals surface area contributed by atoms with Gasteiger partial charge in [-0.05, 0) is 24.3 Å². The lowest BCUT2D eigenvalue weighted by atomic mass is 10.0. The summed E-state index contributed by atoms with van der Waals surface area (Å²) >= 11 is 1.81. The van der Waals surface area contributed by atoms with Gasteiger partial charge in [0.2, 0.25) is 0 Å². The molecule has 1 heterocycles. The van der Waals surface area contributed by atoms with Gasteiger partial charge in [-0.1, -0.05) is 13.8 Å². The van der Waals surface area contributed by atoms with Crippen LogP contribution in [0.25, 0.3) is 0 Å². The van der Waals surface area contributed by atoms with Gasteiger partial charge >= 0.3 is 0 Å². The summed E-state index contributed by atoms with van der Waals surface area (Å²) in [5.74, 6) is 0.632. The van der Waals surface area contributed by atoms with Crippen molar-refractivity contribution in [1.82, 2.24) is 10.6 Å². The zero-order valence-electron chi connectivity index (χ0n) is 11.3. The highest BCUT2D eigenvalue weighted by Crippen LogP contribution is 2.22. The molecule has 1 saturated heterocycles. The molecule has 0 aliphatic carbocycles. The van der Waals surface area contributed by atoms with Crippen LogP contribution in [0.4, 0.5) is 0 Å². The van der Waals surface area contributed by atoms with Gasteiger partial charge in [-0.2, -0.15) is 0 Å². The Morgan fingerprint density at radius 1 is 1.37 bits per heavy atom. The van der Waals surface area contributed by atoms with Crippen LogP contribution >= 0.6 is 24.2 Å². The summed E-state index contributed by atoms with van der Waals surface area (Å²) in [6, 6.07) is 7.84. The summed E-state index contributed by atoms with van der Waals surface area (Å²) < 4.78 is 0. The molecule has 0 radical (unpaired) electrons. The van der Waals surface area contributed by atoms with Crippen molar-refractivity contribution in [3.8, 4) is 0 Å². The molecule has 1 aromatic rings. The number of carbonyl (C=O) groups excluding carboxylic acids is 1. The van der Waals surface area contributed by atoms with Crippen molar-refractivity contribution in [2.45, 2.75) is 24.0 Å². The van der Waals surface area contributed by atoms with E-state index in [1.54, 1.807) is 0 Å². The Labute approximate surface area is 125 Å². The van der Waals surface area contributed by atoms with Crippen LogP contribution in [0, 0.1) is 5.92 Å². The standard InChI is InChI=1S/C14H20N2OS.ClH/c1-10(2)18-13-5-3-12(4-6-13)14(17)16-9-11-7-15-8-11;/h3-6,10-11,15H,7-9H2,1-2H3,(H,16,17);1H. The molecular formula is C14H21ClN2OS. The number of rotatable bonds is 5. The highest BCUT2D eigenvalue weighted by Gasteiger charge is 2.17. The van der Waals surface area contributed by atoms with Crippen LogP contribution in [-0.4, -0.2) is 30.8 Å². The normalized spacial score (nSPS) is 14.7. The van der Waals surface area contributed by atoms with Gasteiger partial charge < -0.3 is 10.6 Å². The van der Waals surface area contributed by atoms with Gasteiger partial charge in [0.05, 0.1) is 0 Å². The summed E-state index contributed by atoms with van der Waals surface area (Å²) in [4.78, 5) is 13.1. The third kappa shape index (κ3) is 5.05. The van der Waals surface area contributed by atoms with E-state index in [9.17, 15) is 4.79 Å². The van der Waals surface area contributed by atoms with Gasteiger partial charge in [0.25, 0.3) is 5.91 Å². The number of halogens is 1. The van der Waals surface area contributed by atoms with Gasteiger partial charge in [-0.15, -0.1) is 24.2 Å². The van der Waals surface area contributed by atoms with Gasteiger partial charge in [-0.25, -0.2) is 0 Å². The van der Waals surface area contributed by atoms with Crippen LogP contribution in [0.3, 0.4) is 0 Å². The van der Waals surface area contributed by atoms with E-state index in [0.717, 1.165) is 25.2 Å². The molecule has 3 nitrogen and oxygen atoms in total. The van der Waals surface area contributed by atoms with E-state index in [2.05, 4.69) is 24.5 Å². The minimum atomic E-state index is 0. The molecule has 1 amide bonds. The lowest BCUT2D eigenvalue weighted by molar-refractivity contribution is 0.0942. The number of nitrogens with one attached hydrogen (secondary N) is 2. The van der Waals surface area contributed by atoms with Gasteiger partial charge in [0, 0.05) is 41.3 Å². The fraction of sp³-hybridized carbons (Fsp3) is 0.500. The van der Waals surface area contributed by atoms with Crippen molar-refractivity contribution >= 4 is 30.1 Å². The first-order valence-electron chi connectivity index (χ1n) is 6.41. The number of hydrogen-bond acceptors (Lipinski definition) is 3. The van der Waals surface area contributed by atoms with E-state index < -0.39 is 0 Å². The number of hydrogen-bond donors (Lipinski definition) is 2. The minimum Gasteiger partial charge on any atom is -0.352 e. The first-order chi connectivity index (χ1) is 8.65. The highest BCUT2D eigenvalue weighted by atomic mass is 35.5. The molecule has 106 valence electrons. The second-order valence-corrected chi connectivity index (χ2v) is 6.58. The zero-order chi connectivity index (χ0) is 13.0. The van der Waals surface area contributed by atoms with Gasteiger partial charge in [-0.3, -0.25) is 4.79 Å². The molecule has 0 saturated carbocycles. The fourth-order valence-corrected chi connectivity index (χ4v) is 2.63. The molecule has 0 aromatic heterocycles.